The van der Waals surface area contributed by atoms with Crippen molar-refractivity contribution < 1.29 is 13.2 Å². The van der Waals surface area contributed by atoms with Gasteiger partial charge in [0, 0.05) is 6.04 Å². The molecule has 4 nitrogen and oxygen atoms in total. The molecule has 5 heteroatoms. The molecule has 0 bridgehead atoms. The Morgan fingerprint density at radius 2 is 1.92 bits per heavy atom. The van der Waals surface area contributed by atoms with Gasteiger partial charge in [-0.05, 0) is 66.5 Å². The van der Waals surface area contributed by atoms with Crippen LogP contribution < -0.4 is 9.46 Å². The van der Waals surface area contributed by atoms with Crippen molar-refractivity contribution in [2.75, 3.05) is 7.11 Å². The van der Waals surface area contributed by atoms with Gasteiger partial charge in [0.15, 0.2) is 0 Å². The van der Waals surface area contributed by atoms with Crippen molar-refractivity contribution in [2.45, 2.75) is 56.9 Å². The van der Waals surface area contributed by atoms with Gasteiger partial charge in [0.2, 0.25) is 10.0 Å². The molecule has 0 heterocycles. The molecule has 0 saturated carbocycles. The van der Waals surface area contributed by atoms with Crippen LogP contribution in [0.4, 0.5) is 0 Å². The normalized spacial score (nSPS) is 17.2. The molecule has 2 aromatic carbocycles. The number of aryl methyl sites for hydroxylation is 2. The number of hydrogen-bond acceptors (Lipinski definition) is 3. The SMILES string of the molecule is COc1cc(C)c(S(=O)(=O)NC2CCCc3ccccc32)cc1C(C)C. The second-order valence-corrected chi connectivity index (χ2v) is 8.96. The van der Waals surface area contributed by atoms with E-state index in [-0.39, 0.29) is 12.0 Å². The second-order valence-electron chi connectivity index (χ2n) is 7.28. The van der Waals surface area contributed by atoms with Gasteiger partial charge < -0.3 is 4.74 Å². The van der Waals surface area contributed by atoms with Crippen LogP contribution in [0.15, 0.2) is 41.3 Å². The smallest absolute Gasteiger partial charge is 0.241 e. The molecule has 2 aromatic rings. The summed E-state index contributed by atoms with van der Waals surface area (Å²) < 4.78 is 34.7. The van der Waals surface area contributed by atoms with Gasteiger partial charge in [-0.15, -0.1) is 0 Å². The van der Waals surface area contributed by atoms with Crippen molar-refractivity contribution in [3.8, 4) is 5.75 Å². The summed E-state index contributed by atoms with van der Waals surface area (Å²) >= 11 is 0. The maximum absolute atomic E-state index is 13.2. The van der Waals surface area contributed by atoms with Gasteiger partial charge in [0.05, 0.1) is 12.0 Å². The molecular formula is C21H27NO3S. The van der Waals surface area contributed by atoms with Crippen LogP contribution in [0.3, 0.4) is 0 Å². The molecule has 0 aromatic heterocycles. The number of ether oxygens (including phenoxy) is 1. The molecule has 0 saturated heterocycles. The summed E-state index contributed by atoms with van der Waals surface area (Å²) in [4.78, 5) is 0.338. The lowest BCUT2D eigenvalue weighted by Gasteiger charge is -2.26. The molecule has 1 unspecified atom stereocenters. The molecule has 0 aliphatic heterocycles. The fraction of sp³-hybridized carbons (Fsp3) is 0.429. The topological polar surface area (TPSA) is 55.4 Å². The number of sulfonamides is 1. The maximum Gasteiger partial charge on any atom is 0.241 e. The minimum atomic E-state index is -3.62. The first-order valence-electron chi connectivity index (χ1n) is 9.12. The van der Waals surface area contributed by atoms with Crippen LogP contribution in [0.25, 0.3) is 0 Å². The molecule has 1 N–H and O–H groups in total. The van der Waals surface area contributed by atoms with E-state index >= 15 is 0 Å². The number of benzene rings is 2. The Morgan fingerprint density at radius 3 is 2.62 bits per heavy atom. The third-order valence-electron chi connectivity index (χ3n) is 5.11. The minimum Gasteiger partial charge on any atom is -0.496 e. The molecule has 1 aliphatic rings. The van der Waals surface area contributed by atoms with E-state index in [2.05, 4.69) is 10.8 Å². The summed E-state index contributed by atoms with van der Waals surface area (Å²) in [6.07, 6.45) is 2.82. The van der Waals surface area contributed by atoms with Gasteiger partial charge >= 0.3 is 0 Å². The zero-order valence-electron chi connectivity index (χ0n) is 15.9. The summed E-state index contributed by atoms with van der Waals surface area (Å²) in [5.74, 6) is 0.911. The van der Waals surface area contributed by atoms with Gasteiger partial charge in [-0.25, -0.2) is 13.1 Å². The predicted octanol–water partition coefficient (Wildman–Crippen LogP) is 4.48. The molecule has 3 rings (SSSR count). The third kappa shape index (κ3) is 3.64. The predicted molar refractivity (Wildman–Crippen MR) is 104 cm³/mol. The fourth-order valence-corrected chi connectivity index (χ4v) is 5.23. The largest absolute Gasteiger partial charge is 0.496 e. The summed E-state index contributed by atoms with van der Waals surface area (Å²) in [6.45, 7) is 5.89. The summed E-state index contributed by atoms with van der Waals surface area (Å²) in [5, 5.41) is 0. The van der Waals surface area contributed by atoms with E-state index < -0.39 is 10.0 Å². The Labute approximate surface area is 156 Å². The third-order valence-corrected chi connectivity index (χ3v) is 6.72. The molecule has 1 atom stereocenters. The van der Waals surface area contributed by atoms with Gasteiger partial charge in [0.25, 0.3) is 0 Å². The molecule has 0 spiro atoms. The van der Waals surface area contributed by atoms with Crippen LogP contribution in [0, 0.1) is 6.92 Å². The van der Waals surface area contributed by atoms with Crippen LogP contribution >= 0.6 is 0 Å². The highest BCUT2D eigenvalue weighted by Gasteiger charge is 2.27. The van der Waals surface area contributed by atoms with Crippen molar-refractivity contribution in [3.63, 3.8) is 0 Å². The van der Waals surface area contributed by atoms with E-state index in [0.717, 1.165) is 36.1 Å². The molecular weight excluding hydrogens is 346 g/mol. The van der Waals surface area contributed by atoms with E-state index in [1.54, 1.807) is 13.2 Å². The first kappa shape index (κ1) is 18.9. The summed E-state index contributed by atoms with van der Waals surface area (Å²) in [7, 11) is -2.00. The van der Waals surface area contributed by atoms with Crippen molar-refractivity contribution in [3.05, 3.63) is 58.7 Å². The monoisotopic (exact) mass is 373 g/mol. The minimum absolute atomic E-state index is 0.172. The van der Waals surface area contributed by atoms with Crippen LogP contribution in [-0.2, 0) is 16.4 Å². The maximum atomic E-state index is 13.2. The van der Waals surface area contributed by atoms with Gasteiger partial charge in [-0.2, -0.15) is 0 Å². The van der Waals surface area contributed by atoms with E-state index in [1.807, 2.05) is 45.0 Å². The lowest BCUT2D eigenvalue weighted by Crippen LogP contribution is -2.31. The number of fused-ring (bicyclic) bond motifs is 1. The zero-order chi connectivity index (χ0) is 18.9. The van der Waals surface area contributed by atoms with Gasteiger partial charge in [0.1, 0.15) is 5.75 Å². The van der Waals surface area contributed by atoms with E-state index in [0.29, 0.717) is 10.5 Å². The highest BCUT2D eigenvalue weighted by molar-refractivity contribution is 7.89. The Bertz CT molecular complexity index is 903. The van der Waals surface area contributed by atoms with E-state index in [9.17, 15) is 8.42 Å². The average Bonchev–Trinajstić information content (AvgIpc) is 2.61. The van der Waals surface area contributed by atoms with Crippen LogP contribution in [0.5, 0.6) is 5.75 Å². The molecule has 0 radical (unpaired) electrons. The van der Waals surface area contributed by atoms with Crippen molar-refractivity contribution in [1.29, 1.82) is 0 Å². The molecule has 0 amide bonds. The van der Waals surface area contributed by atoms with Crippen LogP contribution in [0.1, 0.15) is 60.9 Å². The first-order valence-corrected chi connectivity index (χ1v) is 10.6. The molecule has 1 aliphatic carbocycles. The van der Waals surface area contributed by atoms with Crippen molar-refractivity contribution in [2.24, 2.45) is 0 Å². The summed E-state index contributed by atoms with van der Waals surface area (Å²) in [6, 6.07) is 11.5. The van der Waals surface area contributed by atoms with Crippen LogP contribution in [0.2, 0.25) is 0 Å². The Hall–Kier alpha value is -1.85. The molecule has 26 heavy (non-hydrogen) atoms. The number of rotatable bonds is 5. The summed E-state index contributed by atoms with van der Waals surface area (Å²) in [5.41, 5.74) is 3.93. The first-order chi connectivity index (χ1) is 12.3. The number of nitrogens with one attached hydrogen (secondary N) is 1. The number of hydrogen-bond donors (Lipinski definition) is 1. The highest BCUT2D eigenvalue weighted by Crippen LogP contribution is 2.34. The molecule has 140 valence electrons. The Morgan fingerprint density at radius 1 is 1.19 bits per heavy atom. The Kier molecular flexibility index (Phi) is 5.39. The van der Waals surface area contributed by atoms with Crippen molar-refractivity contribution in [1.82, 2.24) is 4.72 Å². The highest BCUT2D eigenvalue weighted by atomic mass is 32.2. The van der Waals surface area contributed by atoms with Crippen LogP contribution in [-0.4, -0.2) is 15.5 Å². The van der Waals surface area contributed by atoms with Gasteiger partial charge in [-0.1, -0.05) is 38.1 Å². The quantitative estimate of drug-likeness (QED) is 0.840. The van der Waals surface area contributed by atoms with Crippen molar-refractivity contribution >= 4 is 10.0 Å². The van der Waals surface area contributed by atoms with Gasteiger partial charge in [-0.3, -0.25) is 0 Å². The zero-order valence-corrected chi connectivity index (χ0v) is 16.7. The number of methoxy groups -OCH3 is 1. The lowest BCUT2D eigenvalue weighted by atomic mass is 9.88. The standard InChI is InChI=1S/C21H27NO3S/c1-14(2)18-13-21(15(3)12-20(18)25-4)26(23,24)22-19-11-7-9-16-8-5-6-10-17(16)19/h5-6,8,10,12-14,19,22H,7,9,11H2,1-4H3. The fourth-order valence-electron chi connectivity index (χ4n) is 3.72. The van der Waals surface area contributed by atoms with E-state index in [1.165, 1.54) is 5.56 Å². The molecule has 0 fully saturated rings. The average molecular weight is 374 g/mol. The Balaban J connectivity index is 1.98. The lowest BCUT2D eigenvalue weighted by molar-refractivity contribution is 0.406. The second kappa shape index (κ2) is 7.41. The van der Waals surface area contributed by atoms with E-state index in [4.69, 9.17) is 4.74 Å².